The Hall–Kier alpha value is -1.48. The molecule has 4 heterocycles. The molecule has 1 N–H and O–H groups in total. The molecule has 2 aromatic heterocycles. The maximum atomic E-state index is 12.4. The van der Waals surface area contributed by atoms with Crippen molar-refractivity contribution < 1.29 is 9.32 Å². The van der Waals surface area contributed by atoms with E-state index >= 15 is 0 Å². The fourth-order valence-corrected chi connectivity index (χ4v) is 4.27. The highest BCUT2D eigenvalue weighted by molar-refractivity contribution is 7.13. The van der Waals surface area contributed by atoms with Gasteiger partial charge in [-0.25, -0.2) is 0 Å². The van der Waals surface area contributed by atoms with Gasteiger partial charge in [-0.15, -0.1) is 23.7 Å². The van der Waals surface area contributed by atoms with Gasteiger partial charge >= 0.3 is 0 Å². The van der Waals surface area contributed by atoms with Crippen LogP contribution in [0.4, 0.5) is 0 Å². The van der Waals surface area contributed by atoms with Crippen molar-refractivity contribution in [2.75, 3.05) is 39.3 Å². The van der Waals surface area contributed by atoms with Crippen LogP contribution >= 0.6 is 23.7 Å². The normalized spacial score (nSPS) is 20.6. The summed E-state index contributed by atoms with van der Waals surface area (Å²) >= 11 is 1.62. The van der Waals surface area contributed by atoms with Crippen LogP contribution < -0.4 is 5.32 Å². The maximum Gasteiger partial charge on any atom is 0.239 e. The third kappa shape index (κ3) is 5.07. The number of nitrogens with one attached hydrogen (secondary N) is 1. The van der Waals surface area contributed by atoms with E-state index in [0.717, 1.165) is 69.8 Å². The molecule has 2 aromatic rings. The van der Waals surface area contributed by atoms with Crippen molar-refractivity contribution in [2.24, 2.45) is 0 Å². The summed E-state index contributed by atoms with van der Waals surface area (Å²) in [5, 5.41) is 9.37. The van der Waals surface area contributed by atoms with Crippen LogP contribution in [-0.4, -0.2) is 71.2 Å². The molecule has 1 atom stereocenters. The molecule has 27 heavy (non-hydrogen) atoms. The summed E-state index contributed by atoms with van der Waals surface area (Å²) in [5.41, 5.74) is 0. The number of hydrogen-bond acceptors (Lipinski definition) is 7. The molecule has 0 radical (unpaired) electrons. The van der Waals surface area contributed by atoms with Crippen LogP contribution in [-0.2, 0) is 11.2 Å². The van der Waals surface area contributed by atoms with E-state index in [0.29, 0.717) is 11.7 Å². The zero-order valence-electron chi connectivity index (χ0n) is 15.3. The Balaban J connectivity index is 0.00000210. The zero-order chi connectivity index (χ0) is 17.8. The first-order valence-electron chi connectivity index (χ1n) is 9.40. The van der Waals surface area contributed by atoms with Crippen molar-refractivity contribution in [3.05, 3.63) is 23.4 Å². The Bertz CT molecular complexity index is 709. The number of carbonyl (C=O) groups is 1. The molecular formula is C18H26ClN5O2S. The van der Waals surface area contributed by atoms with Gasteiger partial charge in [0.05, 0.1) is 10.9 Å². The number of amides is 1. The van der Waals surface area contributed by atoms with Gasteiger partial charge in [-0.1, -0.05) is 11.2 Å². The van der Waals surface area contributed by atoms with Crippen LogP contribution in [0.3, 0.4) is 0 Å². The number of halogens is 1. The summed E-state index contributed by atoms with van der Waals surface area (Å²) in [5.74, 6) is 1.67. The van der Waals surface area contributed by atoms with Crippen molar-refractivity contribution in [1.29, 1.82) is 0 Å². The second-order valence-corrected chi connectivity index (χ2v) is 7.86. The Labute approximate surface area is 169 Å². The molecule has 0 aromatic carbocycles. The highest BCUT2D eigenvalue weighted by Gasteiger charge is 2.29. The molecule has 0 saturated carbocycles. The number of carbonyl (C=O) groups excluding carboxylic acids is 1. The summed E-state index contributed by atoms with van der Waals surface area (Å²) in [7, 11) is 0. The molecule has 9 heteroatoms. The van der Waals surface area contributed by atoms with E-state index in [1.165, 1.54) is 0 Å². The fraction of sp³-hybridized carbons (Fsp3) is 0.611. The number of thiophene rings is 1. The van der Waals surface area contributed by atoms with Gasteiger partial charge in [0.15, 0.2) is 0 Å². The predicted octanol–water partition coefficient (Wildman–Crippen LogP) is 2.05. The van der Waals surface area contributed by atoms with E-state index in [1.807, 2.05) is 22.4 Å². The average Bonchev–Trinajstić information content (AvgIpc) is 3.43. The van der Waals surface area contributed by atoms with Gasteiger partial charge in [0.25, 0.3) is 0 Å². The lowest BCUT2D eigenvalue weighted by Gasteiger charge is -2.35. The van der Waals surface area contributed by atoms with Crippen LogP contribution in [0.25, 0.3) is 10.7 Å². The van der Waals surface area contributed by atoms with Gasteiger partial charge in [0.1, 0.15) is 0 Å². The molecule has 148 valence electrons. The third-order valence-electron chi connectivity index (χ3n) is 5.12. The minimum atomic E-state index is 0. The first kappa shape index (κ1) is 20.3. The second kappa shape index (κ2) is 9.64. The summed E-state index contributed by atoms with van der Waals surface area (Å²) in [6.07, 6.45) is 3.88. The van der Waals surface area contributed by atoms with E-state index < -0.39 is 0 Å². The molecule has 2 saturated heterocycles. The lowest BCUT2D eigenvalue weighted by Crippen LogP contribution is -2.53. The number of rotatable bonds is 6. The number of aromatic nitrogens is 2. The van der Waals surface area contributed by atoms with E-state index in [2.05, 4.69) is 20.4 Å². The maximum absolute atomic E-state index is 12.4. The lowest BCUT2D eigenvalue weighted by molar-refractivity contribution is -0.134. The van der Waals surface area contributed by atoms with Gasteiger partial charge in [0, 0.05) is 32.6 Å². The van der Waals surface area contributed by atoms with E-state index in [1.54, 1.807) is 11.3 Å². The highest BCUT2D eigenvalue weighted by atomic mass is 35.5. The van der Waals surface area contributed by atoms with Crippen molar-refractivity contribution in [3.8, 4) is 10.7 Å². The quantitative estimate of drug-likeness (QED) is 0.784. The minimum absolute atomic E-state index is 0. The van der Waals surface area contributed by atoms with Gasteiger partial charge < -0.3 is 14.7 Å². The van der Waals surface area contributed by atoms with Crippen molar-refractivity contribution >= 4 is 29.7 Å². The monoisotopic (exact) mass is 411 g/mol. The fourth-order valence-electron chi connectivity index (χ4n) is 3.62. The number of nitrogens with zero attached hydrogens (tertiary/aromatic N) is 4. The predicted molar refractivity (Wildman–Crippen MR) is 107 cm³/mol. The van der Waals surface area contributed by atoms with E-state index in [-0.39, 0.29) is 24.4 Å². The Kier molecular flexibility index (Phi) is 7.23. The molecule has 2 fully saturated rings. The summed E-state index contributed by atoms with van der Waals surface area (Å²) in [6.45, 7) is 5.53. The van der Waals surface area contributed by atoms with E-state index in [4.69, 9.17) is 4.52 Å². The topological polar surface area (TPSA) is 74.5 Å². The van der Waals surface area contributed by atoms with Crippen LogP contribution in [0.2, 0.25) is 0 Å². The van der Waals surface area contributed by atoms with Gasteiger partial charge in [-0.3, -0.25) is 9.69 Å². The highest BCUT2D eigenvalue weighted by Crippen LogP contribution is 2.21. The van der Waals surface area contributed by atoms with Crippen LogP contribution in [0, 0.1) is 0 Å². The molecule has 0 bridgehead atoms. The molecule has 2 aliphatic heterocycles. The molecule has 7 nitrogen and oxygen atoms in total. The third-order valence-corrected chi connectivity index (χ3v) is 5.98. The van der Waals surface area contributed by atoms with Gasteiger partial charge in [-0.05, 0) is 43.8 Å². The second-order valence-electron chi connectivity index (χ2n) is 6.91. The molecule has 2 aliphatic rings. The van der Waals surface area contributed by atoms with Crippen molar-refractivity contribution in [3.63, 3.8) is 0 Å². The number of aryl methyl sites for hydroxylation is 1. The average molecular weight is 412 g/mol. The van der Waals surface area contributed by atoms with Crippen LogP contribution in [0.1, 0.15) is 25.2 Å². The van der Waals surface area contributed by atoms with Gasteiger partial charge in [0.2, 0.25) is 17.6 Å². The Morgan fingerprint density at radius 1 is 1.33 bits per heavy atom. The largest absolute Gasteiger partial charge is 0.339 e. The van der Waals surface area contributed by atoms with Crippen molar-refractivity contribution in [1.82, 2.24) is 25.3 Å². The number of piperazine rings is 1. The minimum Gasteiger partial charge on any atom is -0.339 e. The van der Waals surface area contributed by atoms with Crippen LogP contribution in [0.5, 0.6) is 0 Å². The summed E-state index contributed by atoms with van der Waals surface area (Å²) in [6, 6.07) is 4.04. The SMILES string of the molecule is Cl.O=C(C1CCCN1)N1CCN(CCCc2nc(-c3cccs3)no2)CC1. The van der Waals surface area contributed by atoms with Gasteiger partial charge in [-0.2, -0.15) is 4.98 Å². The number of hydrogen-bond donors (Lipinski definition) is 1. The Morgan fingerprint density at radius 3 is 2.89 bits per heavy atom. The first-order chi connectivity index (χ1) is 12.8. The molecule has 4 rings (SSSR count). The summed E-state index contributed by atoms with van der Waals surface area (Å²) < 4.78 is 5.35. The molecule has 1 unspecified atom stereocenters. The molecular weight excluding hydrogens is 386 g/mol. The first-order valence-corrected chi connectivity index (χ1v) is 10.3. The lowest BCUT2D eigenvalue weighted by atomic mass is 10.2. The summed E-state index contributed by atoms with van der Waals surface area (Å²) in [4.78, 5) is 22.4. The van der Waals surface area contributed by atoms with E-state index in [9.17, 15) is 4.79 Å². The Morgan fingerprint density at radius 2 is 2.19 bits per heavy atom. The van der Waals surface area contributed by atoms with Crippen molar-refractivity contribution in [2.45, 2.75) is 31.7 Å². The smallest absolute Gasteiger partial charge is 0.239 e. The molecule has 0 aliphatic carbocycles. The molecule has 1 amide bonds. The molecule has 0 spiro atoms. The van der Waals surface area contributed by atoms with Crippen LogP contribution in [0.15, 0.2) is 22.0 Å². The zero-order valence-corrected chi connectivity index (χ0v) is 16.9. The standard InChI is InChI=1S/C18H25N5O2S.ClH/c24-18(14-4-1-7-19-14)23-11-9-22(10-12-23)8-2-6-16-20-17(21-25-16)15-5-3-13-26-15;/h3,5,13-14,19H,1-2,4,6-12H2;1H.